The molecule has 0 bridgehead atoms. The zero-order chi connectivity index (χ0) is 11.5. The van der Waals surface area contributed by atoms with E-state index in [4.69, 9.17) is 9.84 Å². The average molecular weight is 222 g/mol. The van der Waals surface area contributed by atoms with E-state index in [-0.39, 0.29) is 18.8 Å². The second kappa shape index (κ2) is 4.80. The lowest BCUT2D eigenvalue weighted by molar-refractivity contribution is -0.00522. The molecular weight excluding hydrogens is 204 g/mol. The Hall–Kier alpha value is -1.13. The van der Waals surface area contributed by atoms with E-state index in [1.165, 1.54) is 0 Å². The van der Waals surface area contributed by atoms with Crippen molar-refractivity contribution in [2.24, 2.45) is 0 Å². The van der Waals surface area contributed by atoms with Crippen molar-refractivity contribution in [3.63, 3.8) is 0 Å². The van der Waals surface area contributed by atoms with Gasteiger partial charge in [0.2, 0.25) is 0 Å². The van der Waals surface area contributed by atoms with Crippen molar-refractivity contribution >= 4 is 5.69 Å². The Morgan fingerprint density at radius 3 is 2.75 bits per heavy atom. The minimum Gasteiger partial charge on any atom is -0.390 e. The van der Waals surface area contributed by atoms with E-state index in [0.717, 1.165) is 18.8 Å². The number of anilines is 1. The Morgan fingerprint density at radius 2 is 2.12 bits per heavy atom. The van der Waals surface area contributed by atoms with Gasteiger partial charge < -0.3 is 14.7 Å². The number of aliphatic hydroxyl groups excluding tert-OH is 1. The normalized spacial score (nSPS) is 25.8. The predicted octanol–water partition coefficient (Wildman–Crippen LogP) is 1.19. The quantitative estimate of drug-likeness (QED) is 0.816. The Bertz CT molecular complexity index is 347. The summed E-state index contributed by atoms with van der Waals surface area (Å²) in [6.07, 6.45) is 2.23. The van der Waals surface area contributed by atoms with Crippen LogP contribution in [-0.4, -0.2) is 35.4 Å². The van der Waals surface area contributed by atoms with Gasteiger partial charge >= 0.3 is 0 Å². The fourth-order valence-corrected chi connectivity index (χ4v) is 2.14. The first-order chi connectivity index (χ1) is 7.69. The van der Waals surface area contributed by atoms with Gasteiger partial charge in [-0.15, -0.1) is 0 Å². The predicted molar refractivity (Wildman–Crippen MR) is 62.4 cm³/mol. The first-order valence-corrected chi connectivity index (χ1v) is 5.65. The molecule has 1 saturated heterocycles. The smallest absolute Gasteiger partial charge is 0.0853 e. The van der Waals surface area contributed by atoms with Gasteiger partial charge in [-0.25, -0.2) is 0 Å². The minimum atomic E-state index is -0.0106. The van der Waals surface area contributed by atoms with Crippen LogP contribution in [0.15, 0.2) is 18.3 Å². The van der Waals surface area contributed by atoms with E-state index in [1.807, 2.05) is 12.1 Å². The van der Waals surface area contributed by atoms with E-state index in [0.29, 0.717) is 5.69 Å². The first-order valence-electron chi connectivity index (χ1n) is 5.65. The summed E-state index contributed by atoms with van der Waals surface area (Å²) in [5, 5.41) is 9.06. The lowest BCUT2D eigenvalue weighted by Gasteiger charge is -2.36. The number of ether oxygens (including phenoxy) is 1. The summed E-state index contributed by atoms with van der Waals surface area (Å²) in [6.45, 7) is 5.93. The summed E-state index contributed by atoms with van der Waals surface area (Å²) in [7, 11) is 0. The molecule has 0 spiro atoms. The molecule has 0 aliphatic carbocycles. The Morgan fingerprint density at radius 1 is 1.44 bits per heavy atom. The summed E-state index contributed by atoms with van der Waals surface area (Å²) >= 11 is 0. The number of morpholine rings is 1. The van der Waals surface area contributed by atoms with Crippen LogP contribution in [0, 0.1) is 0 Å². The van der Waals surface area contributed by atoms with Gasteiger partial charge in [0.1, 0.15) is 0 Å². The van der Waals surface area contributed by atoms with E-state index < -0.39 is 0 Å². The van der Waals surface area contributed by atoms with Gasteiger partial charge in [0.05, 0.1) is 24.5 Å². The van der Waals surface area contributed by atoms with Crippen LogP contribution in [0.4, 0.5) is 5.69 Å². The molecule has 4 nitrogen and oxygen atoms in total. The molecule has 1 fully saturated rings. The molecule has 4 heteroatoms. The highest BCUT2D eigenvalue weighted by atomic mass is 16.5. The van der Waals surface area contributed by atoms with Crippen molar-refractivity contribution in [2.75, 3.05) is 18.0 Å². The fourth-order valence-electron chi connectivity index (χ4n) is 2.14. The average Bonchev–Trinajstić information content (AvgIpc) is 2.28. The molecular formula is C12H18N2O2. The van der Waals surface area contributed by atoms with Crippen LogP contribution in [0.5, 0.6) is 0 Å². The lowest BCUT2D eigenvalue weighted by Crippen LogP contribution is -2.45. The van der Waals surface area contributed by atoms with Crippen LogP contribution in [0.25, 0.3) is 0 Å². The molecule has 2 atom stereocenters. The van der Waals surface area contributed by atoms with Crippen molar-refractivity contribution in [1.82, 2.24) is 4.98 Å². The fraction of sp³-hybridized carbons (Fsp3) is 0.583. The zero-order valence-corrected chi connectivity index (χ0v) is 9.76. The topological polar surface area (TPSA) is 45.6 Å². The van der Waals surface area contributed by atoms with Gasteiger partial charge in [-0.2, -0.15) is 0 Å². The van der Waals surface area contributed by atoms with Crippen LogP contribution in [-0.2, 0) is 11.3 Å². The standard InChI is InChI=1S/C12H18N2O2/c1-9-6-14(7-10(2)16-9)12-3-4-13-11(5-12)8-15/h3-5,9-10,15H,6-8H2,1-2H3. The first kappa shape index (κ1) is 11.4. The molecule has 1 N–H and O–H groups in total. The molecule has 1 aliphatic heterocycles. The summed E-state index contributed by atoms with van der Waals surface area (Å²) in [5.41, 5.74) is 1.82. The van der Waals surface area contributed by atoms with Crippen LogP contribution < -0.4 is 4.90 Å². The van der Waals surface area contributed by atoms with Crippen LogP contribution in [0.2, 0.25) is 0 Å². The molecule has 2 rings (SSSR count). The highest BCUT2D eigenvalue weighted by molar-refractivity contribution is 5.47. The molecule has 0 amide bonds. The van der Waals surface area contributed by atoms with Gasteiger partial charge in [-0.3, -0.25) is 4.98 Å². The third-order valence-corrected chi connectivity index (χ3v) is 2.75. The van der Waals surface area contributed by atoms with Crippen LogP contribution in [0.1, 0.15) is 19.5 Å². The number of aromatic nitrogens is 1. The van der Waals surface area contributed by atoms with Crippen molar-refractivity contribution in [3.05, 3.63) is 24.0 Å². The molecule has 0 saturated carbocycles. The number of pyridine rings is 1. The van der Waals surface area contributed by atoms with Crippen molar-refractivity contribution in [3.8, 4) is 0 Å². The van der Waals surface area contributed by atoms with E-state index in [9.17, 15) is 0 Å². The van der Waals surface area contributed by atoms with E-state index in [2.05, 4.69) is 23.7 Å². The van der Waals surface area contributed by atoms with Gasteiger partial charge in [0, 0.05) is 25.0 Å². The van der Waals surface area contributed by atoms with Gasteiger partial charge in [-0.1, -0.05) is 0 Å². The number of hydrogen-bond donors (Lipinski definition) is 1. The van der Waals surface area contributed by atoms with E-state index >= 15 is 0 Å². The molecule has 1 aromatic rings. The second-order valence-corrected chi connectivity index (χ2v) is 4.33. The number of hydrogen-bond acceptors (Lipinski definition) is 4. The monoisotopic (exact) mass is 222 g/mol. The summed E-state index contributed by atoms with van der Waals surface area (Å²) in [6, 6.07) is 3.91. The molecule has 1 aromatic heterocycles. The Labute approximate surface area is 95.9 Å². The molecule has 2 unspecified atom stereocenters. The number of nitrogens with zero attached hydrogens (tertiary/aromatic N) is 2. The zero-order valence-electron chi connectivity index (χ0n) is 9.76. The maximum atomic E-state index is 9.06. The molecule has 1 aliphatic rings. The lowest BCUT2D eigenvalue weighted by atomic mass is 10.2. The molecule has 16 heavy (non-hydrogen) atoms. The summed E-state index contributed by atoms with van der Waals surface area (Å²) < 4.78 is 5.69. The highest BCUT2D eigenvalue weighted by Gasteiger charge is 2.22. The highest BCUT2D eigenvalue weighted by Crippen LogP contribution is 2.20. The minimum absolute atomic E-state index is 0.0106. The maximum absolute atomic E-state index is 9.06. The molecule has 0 aromatic carbocycles. The van der Waals surface area contributed by atoms with Crippen molar-refractivity contribution in [2.45, 2.75) is 32.7 Å². The third-order valence-electron chi connectivity index (χ3n) is 2.75. The Balaban J connectivity index is 2.16. The van der Waals surface area contributed by atoms with Crippen LogP contribution >= 0.6 is 0 Å². The summed E-state index contributed by atoms with van der Waals surface area (Å²) in [4.78, 5) is 6.36. The van der Waals surface area contributed by atoms with Crippen LogP contribution in [0.3, 0.4) is 0 Å². The Kier molecular flexibility index (Phi) is 3.41. The van der Waals surface area contributed by atoms with E-state index in [1.54, 1.807) is 6.20 Å². The largest absolute Gasteiger partial charge is 0.390 e. The van der Waals surface area contributed by atoms with Gasteiger partial charge in [-0.05, 0) is 26.0 Å². The SMILES string of the molecule is CC1CN(c2ccnc(CO)c2)CC(C)O1. The summed E-state index contributed by atoms with van der Waals surface area (Å²) in [5.74, 6) is 0. The molecule has 2 heterocycles. The number of aliphatic hydroxyl groups is 1. The molecule has 88 valence electrons. The number of rotatable bonds is 2. The second-order valence-electron chi connectivity index (χ2n) is 4.33. The molecule has 0 radical (unpaired) electrons. The third kappa shape index (κ3) is 2.51. The maximum Gasteiger partial charge on any atom is 0.0853 e. The van der Waals surface area contributed by atoms with Crippen molar-refractivity contribution in [1.29, 1.82) is 0 Å². The van der Waals surface area contributed by atoms with Gasteiger partial charge in [0.25, 0.3) is 0 Å². The van der Waals surface area contributed by atoms with Crippen molar-refractivity contribution < 1.29 is 9.84 Å². The van der Waals surface area contributed by atoms with Gasteiger partial charge in [0.15, 0.2) is 0 Å².